The van der Waals surface area contributed by atoms with Gasteiger partial charge in [0.1, 0.15) is 0 Å². The lowest BCUT2D eigenvalue weighted by Gasteiger charge is -2.23. The van der Waals surface area contributed by atoms with E-state index < -0.39 is 0 Å². The number of allylic oxidation sites excluding steroid dienone is 3. The average Bonchev–Trinajstić information content (AvgIpc) is 2.15. The molecule has 0 amide bonds. The lowest BCUT2D eigenvalue weighted by atomic mass is 9.83. The van der Waals surface area contributed by atoms with Crippen LogP contribution in [0.3, 0.4) is 0 Å². The first-order valence-electron chi connectivity index (χ1n) is 5.79. The molecule has 0 saturated heterocycles. The Kier molecular flexibility index (Phi) is 7.25. The van der Waals surface area contributed by atoms with Crippen molar-refractivity contribution in [2.75, 3.05) is 5.33 Å². The van der Waals surface area contributed by atoms with Gasteiger partial charge in [-0.3, -0.25) is 0 Å². The van der Waals surface area contributed by atoms with Crippen molar-refractivity contribution in [1.29, 1.82) is 0 Å². The maximum absolute atomic E-state index is 3.93. The van der Waals surface area contributed by atoms with Crippen LogP contribution < -0.4 is 0 Å². The number of halogens is 1. The highest BCUT2D eigenvalue weighted by Gasteiger charge is 2.16. The molecule has 15 heavy (non-hydrogen) atoms. The Hall–Kier alpha value is -0.0400. The minimum Gasteiger partial charge on any atom is -0.100 e. The summed E-state index contributed by atoms with van der Waals surface area (Å²) in [4.78, 5) is 0. The molecule has 0 atom stereocenters. The van der Waals surface area contributed by atoms with Gasteiger partial charge in [-0.2, -0.15) is 0 Å². The summed E-state index contributed by atoms with van der Waals surface area (Å²) in [6.45, 7) is 13.0. The molecule has 0 aromatic rings. The molecule has 0 unspecified atom stereocenters. The number of hydrogen-bond acceptors (Lipinski definition) is 0. The third-order valence-electron chi connectivity index (χ3n) is 2.84. The van der Waals surface area contributed by atoms with E-state index in [1.54, 1.807) is 0 Å². The Morgan fingerprint density at radius 3 is 2.40 bits per heavy atom. The first-order valence-corrected chi connectivity index (χ1v) is 6.91. The molecule has 0 N–H and O–H groups in total. The normalized spacial score (nSPS) is 13.0. The van der Waals surface area contributed by atoms with Gasteiger partial charge in [0.05, 0.1) is 0 Å². The van der Waals surface area contributed by atoms with E-state index >= 15 is 0 Å². The second kappa shape index (κ2) is 7.27. The molecule has 0 aliphatic heterocycles. The predicted octanol–water partition coefficient (Wildman–Crippen LogP) is 5.49. The van der Waals surface area contributed by atoms with E-state index in [4.69, 9.17) is 0 Å². The smallest absolute Gasteiger partial charge is 0.0242 e. The van der Waals surface area contributed by atoms with E-state index in [2.05, 4.69) is 56.3 Å². The largest absolute Gasteiger partial charge is 0.100 e. The minimum absolute atomic E-state index is 0.433. The molecule has 0 aliphatic carbocycles. The van der Waals surface area contributed by atoms with E-state index in [1.165, 1.54) is 24.0 Å². The van der Waals surface area contributed by atoms with Gasteiger partial charge >= 0.3 is 0 Å². The van der Waals surface area contributed by atoms with Crippen LogP contribution in [0.2, 0.25) is 0 Å². The van der Waals surface area contributed by atoms with E-state index in [0.29, 0.717) is 5.41 Å². The number of rotatable bonds is 7. The van der Waals surface area contributed by atoms with Crippen molar-refractivity contribution in [1.82, 2.24) is 0 Å². The molecule has 0 radical (unpaired) electrons. The molecule has 0 aliphatic rings. The van der Waals surface area contributed by atoms with E-state index in [0.717, 1.165) is 18.2 Å². The summed E-state index contributed by atoms with van der Waals surface area (Å²) in [6, 6.07) is 0. The standard InChI is InChI=1S/C14H25Br/c1-6-14(4,5)10-13(11-15)9-7-8-12(2)3/h9H,2,6-8,10-11H2,1,3-5H3/b13-9-. The fourth-order valence-electron chi connectivity index (χ4n) is 1.44. The Labute approximate surface area is 104 Å². The van der Waals surface area contributed by atoms with Crippen molar-refractivity contribution in [3.8, 4) is 0 Å². The van der Waals surface area contributed by atoms with Gasteiger partial charge in [0.2, 0.25) is 0 Å². The fourth-order valence-corrected chi connectivity index (χ4v) is 1.86. The molecule has 1 heteroatoms. The Morgan fingerprint density at radius 2 is 2.00 bits per heavy atom. The SMILES string of the molecule is C=C(C)CC/C=C(\CBr)CC(C)(C)CC. The lowest BCUT2D eigenvalue weighted by molar-refractivity contribution is 0.348. The van der Waals surface area contributed by atoms with Gasteiger partial charge in [-0.1, -0.05) is 60.3 Å². The highest BCUT2D eigenvalue weighted by molar-refractivity contribution is 9.09. The van der Waals surface area contributed by atoms with Crippen molar-refractivity contribution < 1.29 is 0 Å². The monoisotopic (exact) mass is 272 g/mol. The maximum Gasteiger partial charge on any atom is 0.0242 e. The quantitative estimate of drug-likeness (QED) is 0.425. The Morgan fingerprint density at radius 1 is 1.40 bits per heavy atom. The van der Waals surface area contributed by atoms with E-state index in [1.807, 2.05) is 0 Å². The molecule has 0 fully saturated rings. The number of hydrogen-bond donors (Lipinski definition) is 0. The summed E-state index contributed by atoms with van der Waals surface area (Å²) in [7, 11) is 0. The van der Waals surface area contributed by atoms with Crippen molar-refractivity contribution in [3.63, 3.8) is 0 Å². The highest BCUT2D eigenvalue weighted by atomic mass is 79.9. The van der Waals surface area contributed by atoms with Crippen molar-refractivity contribution in [2.45, 2.75) is 53.4 Å². The van der Waals surface area contributed by atoms with Crippen LogP contribution in [-0.4, -0.2) is 5.33 Å². The summed E-state index contributed by atoms with van der Waals surface area (Å²) < 4.78 is 0. The van der Waals surface area contributed by atoms with Gasteiger partial charge in [0.25, 0.3) is 0 Å². The van der Waals surface area contributed by atoms with Crippen LogP contribution in [0.4, 0.5) is 0 Å². The topological polar surface area (TPSA) is 0 Å². The van der Waals surface area contributed by atoms with Crippen molar-refractivity contribution in [2.24, 2.45) is 5.41 Å². The molecular formula is C14H25Br. The Balaban J connectivity index is 4.17. The molecule has 0 spiro atoms. The van der Waals surface area contributed by atoms with Crippen LogP contribution in [0.1, 0.15) is 53.4 Å². The second-order valence-electron chi connectivity index (χ2n) is 5.19. The predicted molar refractivity (Wildman–Crippen MR) is 74.6 cm³/mol. The molecule has 0 bridgehead atoms. The van der Waals surface area contributed by atoms with Crippen LogP contribution >= 0.6 is 15.9 Å². The molecule has 0 heterocycles. The Bertz CT molecular complexity index is 223. The summed E-state index contributed by atoms with van der Waals surface area (Å²) in [5, 5.41) is 1.01. The molecule has 0 nitrogen and oxygen atoms in total. The van der Waals surface area contributed by atoms with Gasteiger partial charge in [0, 0.05) is 5.33 Å². The summed E-state index contributed by atoms with van der Waals surface area (Å²) >= 11 is 3.57. The fraction of sp³-hybridized carbons (Fsp3) is 0.714. The first-order chi connectivity index (χ1) is 6.91. The third kappa shape index (κ3) is 7.84. The highest BCUT2D eigenvalue weighted by Crippen LogP contribution is 2.29. The maximum atomic E-state index is 3.93. The van der Waals surface area contributed by atoms with Crippen molar-refractivity contribution in [3.05, 3.63) is 23.8 Å². The zero-order valence-electron chi connectivity index (χ0n) is 10.7. The van der Waals surface area contributed by atoms with Crippen LogP contribution in [-0.2, 0) is 0 Å². The van der Waals surface area contributed by atoms with Gasteiger partial charge < -0.3 is 0 Å². The van der Waals surface area contributed by atoms with E-state index in [-0.39, 0.29) is 0 Å². The van der Waals surface area contributed by atoms with Gasteiger partial charge in [0.15, 0.2) is 0 Å². The zero-order chi connectivity index (χ0) is 11.9. The summed E-state index contributed by atoms with van der Waals surface area (Å²) in [6.07, 6.45) is 7.06. The van der Waals surface area contributed by atoms with Crippen LogP contribution in [0.25, 0.3) is 0 Å². The second-order valence-corrected chi connectivity index (χ2v) is 5.75. The summed E-state index contributed by atoms with van der Waals surface area (Å²) in [5.41, 5.74) is 3.24. The zero-order valence-corrected chi connectivity index (χ0v) is 12.3. The molecule has 0 aromatic heterocycles. The molecular weight excluding hydrogens is 248 g/mol. The minimum atomic E-state index is 0.433. The molecule has 0 aromatic carbocycles. The van der Waals surface area contributed by atoms with Crippen LogP contribution in [0.5, 0.6) is 0 Å². The van der Waals surface area contributed by atoms with Gasteiger partial charge in [-0.25, -0.2) is 0 Å². The van der Waals surface area contributed by atoms with Crippen LogP contribution in [0, 0.1) is 5.41 Å². The summed E-state index contributed by atoms with van der Waals surface area (Å²) in [5.74, 6) is 0. The molecule has 0 rings (SSSR count). The van der Waals surface area contributed by atoms with Gasteiger partial charge in [-0.15, -0.1) is 6.58 Å². The van der Waals surface area contributed by atoms with Gasteiger partial charge in [-0.05, 0) is 31.6 Å². The van der Waals surface area contributed by atoms with Crippen molar-refractivity contribution >= 4 is 15.9 Å². The van der Waals surface area contributed by atoms with E-state index in [9.17, 15) is 0 Å². The van der Waals surface area contributed by atoms with Crippen LogP contribution in [0.15, 0.2) is 23.8 Å². The molecule has 0 saturated carbocycles. The lowest BCUT2D eigenvalue weighted by Crippen LogP contribution is -2.11. The number of alkyl halides is 1. The third-order valence-corrected chi connectivity index (χ3v) is 3.56. The average molecular weight is 273 g/mol. The first kappa shape index (κ1) is 15.0. The molecule has 88 valence electrons.